The molecule has 0 rings (SSSR count). The van der Waals surface area contributed by atoms with E-state index in [4.69, 9.17) is 0 Å². The summed E-state index contributed by atoms with van der Waals surface area (Å²) in [5, 5.41) is 0. The van der Waals surface area contributed by atoms with Gasteiger partial charge in [0, 0.05) is 0 Å². The Kier molecular flexibility index (Phi) is 26.0. The molecule has 0 saturated heterocycles. The maximum absolute atomic E-state index is 3.89. The van der Waals surface area contributed by atoms with E-state index in [9.17, 15) is 0 Å². The van der Waals surface area contributed by atoms with E-state index < -0.39 is 0 Å². The number of hydrogen-bond donors (Lipinski definition) is 0. The SMILES string of the molecule is [CH2-]CCCCCCCCCCCCCCCCCCC.[Ru+]. The topological polar surface area (TPSA) is 0 Å². The van der Waals surface area contributed by atoms with Gasteiger partial charge in [-0.15, -0.1) is 0 Å². The minimum Gasteiger partial charge on any atom is -0.343 e. The second-order valence-electron chi connectivity index (χ2n) is 6.51. The molecule has 0 aliphatic rings. The van der Waals surface area contributed by atoms with Crippen molar-refractivity contribution in [3.63, 3.8) is 0 Å². The van der Waals surface area contributed by atoms with E-state index in [1.54, 1.807) is 0 Å². The van der Waals surface area contributed by atoms with E-state index in [-0.39, 0.29) is 19.5 Å². The second kappa shape index (κ2) is 22.9. The van der Waals surface area contributed by atoms with Gasteiger partial charge >= 0.3 is 19.5 Å². The Hall–Kier alpha value is 0.623. The molecule has 0 N–H and O–H groups in total. The Bertz CT molecular complexity index is 138. The van der Waals surface area contributed by atoms with Gasteiger partial charge in [-0.2, -0.15) is 6.42 Å². The van der Waals surface area contributed by atoms with Crippen LogP contribution in [0, 0.1) is 6.92 Å². The van der Waals surface area contributed by atoms with Crippen LogP contribution in [0.2, 0.25) is 0 Å². The molecule has 0 amide bonds. The van der Waals surface area contributed by atoms with Crippen LogP contribution >= 0.6 is 0 Å². The third kappa shape index (κ3) is 23.0. The van der Waals surface area contributed by atoms with Crippen LogP contribution < -0.4 is 0 Å². The van der Waals surface area contributed by atoms with Crippen molar-refractivity contribution in [1.29, 1.82) is 0 Å². The first-order chi connectivity index (χ1) is 9.91. The van der Waals surface area contributed by atoms with Gasteiger partial charge in [-0.25, -0.2) is 0 Å². The molecule has 1 radical (unpaired) electrons. The molecule has 0 aromatic carbocycles. The van der Waals surface area contributed by atoms with Crippen LogP contribution in [0.1, 0.15) is 122 Å². The monoisotopic (exact) mass is 383 g/mol. The van der Waals surface area contributed by atoms with Crippen LogP contribution in [0.15, 0.2) is 0 Å². The molecular weight excluding hydrogens is 341 g/mol. The molecule has 0 aliphatic carbocycles. The first kappa shape index (κ1) is 23.9. The van der Waals surface area contributed by atoms with Crippen molar-refractivity contribution in [3.8, 4) is 0 Å². The average Bonchev–Trinajstić information content (AvgIpc) is 2.47. The van der Waals surface area contributed by atoms with Crippen LogP contribution in [0.5, 0.6) is 0 Å². The molecule has 0 nitrogen and oxygen atoms in total. The Balaban J connectivity index is 0. The standard InChI is InChI=1S/C20H41.Ru/c1-3-5-7-9-11-13-15-17-19-20-18-16-14-12-10-8-6-4-2;/h1,3-20H2,2H3;/q-1;+1. The molecule has 0 aliphatic heterocycles. The summed E-state index contributed by atoms with van der Waals surface area (Å²) in [4.78, 5) is 0. The molecule has 21 heavy (non-hydrogen) atoms. The molecule has 0 aromatic rings. The van der Waals surface area contributed by atoms with Crippen molar-refractivity contribution in [1.82, 2.24) is 0 Å². The van der Waals surface area contributed by atoms with Gasteiger partial charge in [0.1, 0.15) is 0 Å². The van der Waals surface area contributed by atoms with E-state index in [1.807, 2.05) is 0 Å². The van der Waals surface area contributed by atoms with E-state index in [0.29, 0.717) is 0 Å². The third-order valence-corrected chi connectivity index (χ3v) is 4.35. The maximum atomic E-state index is 3.89. The smallest absolute Gasteiger partial charge is 0.343 e. The first-order valence-corrected chi connectivity index (χ1v) is 9.71. The molecule has 0 bridgehead atoms. The molecule has 1 heteroatoms. The van der Waals surface area contributed by atoms with Gasteiger partial charge in [-0.1, -0.05) is 116 Å². The predicted molar refractivity (Wildman–Crippen MR) is 94.1 cm³/mol. The molecule has 0 heterocycles. The Labute approximate surface area is 149 Å². The maximum Gasteiger partial charge on any atom is 1.00 e. The van der Waals surface area contributed by atoms with Gasteiger partial charge in [-0.05, 0) is 0 Å². The molecule has 0 aromatic heterocycles. The molecular formula is C20H41Ru. The van der Waals surface area contributed by atoms with E-state index in [2.05, 4.69) is 13.8 Å². The Morgan fingerprint density at radius 2 is 0.667 bits per heavy atom. The van der Waals surface area contributed by atoms with Gasteiger partial charge in [0.15, 0.2) is 0 Å². The summed E-state index contributed by atoms with van der Waals surface area (Å²) in [6.45, 7) is 6.19. The van der Waals surface area contributed by atoms with Gasteiger partial charge in [-0.3, -0.25) is 0 Å². The van der Waals surface area contributed by atoms with Crippen LogP contribution in [0.4, 0.5) is 0 Å². The summed E-state index contributed by atoms with van der Waals surface area (Å²) in [6, 6.07) is 0. The summed E-state index contributed by atoms with van der Waals surface area (Å²) in [7, 11) is 0. The normalized spacial score (nSPS) is 10.6. The van der Waals surface area contributed by atoms with Crippen LogP contribution in [0.25, 0.3) is 0 Å². The van der Waals surface area contributed by atoms with Gasteiger partial charge in [0.2, 0.25) is 0 Å². The number of hydrogen-bond acceptors (Lipinski definition) is 0. The van der Waals surface area contributed by atoms with Crippen LogP contribution in [-0.4, -0.2) is 0 Å². The molecule has 0 atom stereocenters. The summed E-state index contributed by atoms with van der Waals surface area (Å²) in [5.74, 6) is 0. The summed E-state index contributed by atoms with van der Waals surface area (Å²) in [6.07, 6.45) is 25.8. The second-order valence-corrected chi connectivity index (χ2v) is 6.51. The molecule has 0 unspecified atom stereocenters. The fraction of sp³-hybridized carbons (Fsp3) is 0.950. The van der Waals surface area contributed by atoms with E-state index >= 15 is 0 Å². The van der Waals surface area contributed by atoms with E-state index in [0.717, 1.165) is 6.42 Å². The summed E-state index contributed by atoms with van der Waals surface area (Å²) in [5.41, 5.74) is 0. The third-order valence-electron chi connectivity index (χ3n) is 4.35. The van der Waals surface area contributed by atoms with Crippen molar-refractivity contribution in [2.45, 2.75) is 122 Å². The zero-order valence-electron chi connectivity index (χ0n) is 14.8. The van der Waals surface area contributed by atoms with Crippen molar-refractivity contribution < 1.29 is 19.5 Å². The van der Waals surface area contributed by atoms with Crippen molar-refractivity contribution in [2.75, 3.05) is 0 Å². The summed E-state index contributed by atoms with van der Waals surface area (Å²) < 4.78 is 0. The first-order valence-electron chi connectivity index (χ1n) is 9.71. The zero-order valence-corrected chi connectivity index (χ0v) is 16.5. The Morgan fingerprint density at radius 3 is 0.905 bits per heavy atom. The molecule has 0 fully saturated rings. The van der Waals surface area contributed by atoms with E-state index in [1.165, 1.54) is 109 Å². The van der Waals surface area contributed by atoms with Crippen LogP contribution in [-0.2, 0) is 19.5 Å². The van der Waals surface area contributed by atoms with Gasteiger partial charge < -0.3 is 6.92 Å². The number of unbranched alkanes of at least 4 members (excludes halogenated alkanes) is 17. The zero-order chi connectivity index (χ0) is 14.7. The minimum absolute atomic E-state index is 0. The minimum atomic E-state index is 0. The fourth-order valence-electron chi connectivity index (χ4n) is 2.90. The quantitative estimate of drug-likeness (QED) is 0.136. The van der Waals surface area contributed by atoms with Crippen LogP contribution in [0.3, 0.4) is 0 Å². The fourth-order valence-corrected chi connectivity index (χ4v) is 2.90. The predicted octanol–water partition coefficient (Wildman–Crippen LogP) is 7.86. The summed E-state index contributed by atoms with van der Waals surface area (Å²) >= 11 is 0. The molecule has 0 spiro atoms. The van der Waals surface area contributed by atoms with Crippen molar-refractivity contribution in [3.05, 3.63) is 6.92 Å². The van der Waals surface area contributed by atoms with Gasteiger partial charge in [0.05, 0.1) is 0 Å². The largest absolute Gasteiger partial charge is 1.00 e. The average molecular weight is 383 g/mol. The Morgan fingerprint density at radius 1 is 0.429 bits per heavy atom. The molecule has 0 saturated carbocycles. The van der Waals surface area contributed by atoms with Crippen molar-refractivity contribution in [2.24, 2.45) is 0 Å². The number of rotatable bonds is 17. The molecule has 129 valence electrons. The van der Waals surface area contributed by atoms with Crippen molar-refractivity contribution >= 4 is 0 Å². The van der Waals surface area contributed by atoms with Gasteiger partial charge in [0.25, 0.3) is 0 Å².